The zero-order chi connectivity index (χ0) is 20.7. The van der Waals surface area contributed by atoms with Crippen molar-refractivity contribution in [2.24, 2.45) is 0 Å². The average molecular weight is 370 g/mol. The van der Waals surface area contributed by atoms with Crippen molar-refractivity contribution in [1.29, 1.82) is 5.26 Å². The Bertz CT molecular complexity index is 722. The number of nitrogens with zero attached hydrogens (tertiary/aromatic N) is 1. The molecule has 0 fully saturated rings. The lowest BCUT2D eigenvalue weighted by Gasteiger charge is -2.07. The van der Waals surface area contributed by atoms with E-state index in [0.29, 0.717) is 24.9 Å². The van der Waals surface area contributed by atoms with E-state index in [0.717, 1.165) is 5.56 Å². The molecule has 0 unspecified atom stereocenters. The molecule has 0 bridgehead atoms. The molecule has 6 heteroatoms. The maximum atomic E-state index is 12.1. The van der Waals surface area contributed by atoms with Gasteiger partial charge in [-0.2, -0.15) is 5.26 Å². The van der Waals surface area contributed by atoms with E-state index in [1.54, 1.807) is 18.2 Å². The Morgan fingerprint density at radius 2 is 1.85 bits per heavy atom. The molecule has 0 saturated heterocycles. The van der Waals surface area contributed by atoms with Crippen molar-refractivity contribution < 1.29 is 19.4 Å². The largest absolute Gasteiger partial charge is 0.511 e. The first kappa shape index (κ1) is 23.8. The molecule has 0 aliphatic rings. The predicted octanol–water partition coefficient (Wildman–Crippen LogP) is 3.90. The number of terminal acetylenes is 1. The third kappa shape index (κ3) is 9.13. The minimum Gasteiger partial charge on any atom is -0.511 e. The number of rotatable bonds is 8. The second-order valence-electron chi connectivity index (χ2n) is 5.22. The number of methoxy groups -OCH3 is 1. The number of nitrogens with one attached hydrogen (secondary N) is 1. The fourth-order valence-corrected chi connectivity index (χ4v) is 2.05. The van der Waals surface area contributed by atoms with E-state index in [2.05, 4.69) is 16.0 Å². The first-order chi connectivity index (χ1) is 13.0. The number of hydrogen-bond acceptors (Lipinski definition) is 5. The quantitative estimate of drug-likeness (QED) is 0.238. The van der Waals surface area contributed by atoms with Gasteiger partial charge in [-0.25, -0.2) is 0 Å². The number of carbonyl (C=O) groups excluding carboxylic acids is 2. The summed E-state index contributed by atoms with van der Waals surface area (Å²) in [6, 6.07) is 8.72. The SMILES string of the molecule is C#CCC/C(O)=C(\C#N)C(=O)Nc1ccc(CCCC(=O)OC)cc1.CC. The summed E-state index contributed by atoms with van der Waals surface area (Å²) in [6.45, 7) is 4.00. The number of nitriles is 1. The van der Waals surface area contributed by atoms with Gasteiger partial charge in [-0.1, -0.05) is 26.0 Å². The van der Waals surface area contributed by atoms with E-state index in [4.69, 9.17) is 11.7 Å². The Kier molecular flexibility index (Phi) is 12.3. The molecule has 0 atom stereocenters. The van der Waals surface area contributed by atoms with Gasteiger partial charge in [0.05, 0.1) is 7.11 Å². The molecule has 1 rings (SSSR count). The zero-order valence-corrected chi connectivity index (χ0v) is 16.0. The van der Waals surface area contributed by atoms with Gasteiger partial charge in [-0.3, -0.25) is 9.59 Å². The summed E-state index contributed by atoms with van der Waals surface area (Å²) in [5, 5.41) is 21.3. The minimum atomic E-state index is -0.685. The normalized spacial score (nSPS) is 10.3. The molecule has 0 aromatic heterocycles. The first-order valence-corrected chi connectivity index (χ1v) is 8.74. The molecule has 27 heavy (non-hydrogen) atoms. The number of aryl methyl sites for hydroxylation is 1. The maximum Gasteiger partial charge on any atom is 0.305 e. The maximum absolute atomic E-state index is 12.1. The van der Waals surface area contributed by atoms with Gasteiger partial charge in [0.15, 0.2) is 5.57 Å². The number of benzene rings is 1. The van der Waals surface area contributed by atoms with Crippen molar-refractivity contribution in [1.82, 2.24) is 0 Å². The van der Waals surface area contributed by atoms with Crippen LogP contribution in [0.1, 0.15) is 45.1 Å². The summed E-state index contributed by atoms with van der Waals surface area (Å²) >= 11 is 0. The van der Waals surface area contributed by atoms with Crippen LogP contribution >= 0.6 is 0 Å². The molecule has 0 spiro atoms. The van der Waals surface area contributed by atoms with Crippen molar-refractivity contribution in [2.75, 3.05) is 12.4 Å². The number of aliphatic hydroxyl groups is 1. The minimum absolute atomic E-state index is 0.0753. The van der Waals surface area contributed by atoms with Crippen molar-refractivity contribution in [2.45, 2.75) is 46.0 Å². The lowest BCUT2D eigenvalue weighted by Crippen LogP contribution is -2.15. The van der Waals surface area contributed by atoms with Crippen LogP contribution in [0.4, 0.5) is 5.69 Å². The van der Waals surface area contributed by atoms with Gasteiger partial charge in [0.1, 0.15) is 11.8 Å². The van der Waals surface area contributed by atoms with E-state index in [1.165, 1.54) is 7.11 Å². The predicted molar refractivity (Wildman–Crippen MR) is 105 cm³/mol. The van der Waals surface area contributed by atoms with E-state index in [9.17, 15) is 14.7 Å². The zero-order valence-electron chi connectivity index (χ0n) is 16.0. The van der Waals surface area contributed by atoms with Gasteiger partial charge in [0.25, 0.3) is 5.91 Å². The number of esters is 1. The lowest BCUT2D eigenvalue weighted by atomic mass is 10.1. The van der Waals surface area contributed by atoms with Crippen molar-refractivity contribution in [3.63, 3.8) is 0 Å². The molecular formula is C21H26N2O4. The number of allylic oxidation sites excluding steroid dienone is 1. The smallest absolute Gasteiger partial charge is 0.305 e. The molecule has 0 radical (unpaired) electrons. The lowest BCUT2D eigenvalue weighted by molar-refractivity contribution is -0.140. The monoisotopic (exact) mass is 370 g/mol. The third-order valence-corrected chi connectivity index (χ3v) is 3.42. The van der Waals surface area contributed by atoms with Crippen LogP contribution in [0.15, 0.2) is 35.6 Å². The van der Waals surface area contributed by atoms with Crippen LogP contribution in [0.3, 0.4) is 0 Å². The Morgan fingerprint density at radius 1 is 1.22 bits per heavy atom. The summed E-state index contributed by atoms with van der Waals surface area (Å²) in [5.41, 5.74) is 1.16. The Balaban J connectivity index is 0.00000326. The third-order valence-electron chi connectivity index (χ3n) is 3.42. The Morgan fingerprint density at radius 3 is 2.37 bits per heavy atom. The molecule has 0 saturated carbocycles. The summed E-state index contributed by atoms with van der Waals surface area (Å²) < 4.78 is 4.58. The fraction of sp³-hybridized carbons (Fsp3) is 0.381. The summed E-state index contributed by atoms with van der Waals surface area (Å²) in [6.07, 6.45) is 7.14. The molecule has 6 nitrogen and oxygen atoms in total. The van der Waals surface area contributed by atoms with E-state index in [-0.39, 0.29) is 30.1 Å². The van der Waals surface area contributed by atoms with Crippen molar-refractivity contribution in [3.05, 3.63) is 41.2 Å². The van der Waals surface area contributed by atoms with Crippen LogP contribution in [0.25, 0.3) is 0 Å². The van der Waals surface area contributed by atoms with E-state index in [1.807, 2.05) is 26.0 Å². The molecule has 1 amide bonds. The average Bonchev–Trinajstić information content (AvgIpc) is 2.69. The van der Waals surface area contributed by atoms with Crippen LogP contribution in [0.2, 0.25) is 0 Å². The van der Waals surface area contributed by atoms with Gasteiger partial charge in [0, 0.05) is 24.9 Å². The van der Waals surface area contributed by atoms with Crippen LogP contribution in [0, 0.1) is 23.7 Å². The van der Waals surface area contributed by atoms with E-state index >= 15 is 0 Å². The second-order valence-corrected chi connectivity index (χ2v) is 5.22. The van der Waals surface area contributed by atoms with Gasteiger partial charge in [-0.05, 0) is 30.5 Å². The standard InChI is InChI=1S/C19H20N2O4.C2H6/c1-3-4-7-17(22)16(13-20)19(24)21-15-11-9-14(10-12-15)6-5-8-18(23)25-2;1-2/h1,9-12,22H,4-8H2,2H3,(H,21,24);1-2H3/b17-16-;. The van der Waals surface area contributed by atoms with Gasteiger partial charge < -0.3 is 15.2 Å². The van der Waals surface area contributed by atoms with Crippen LogP contribution in [-0.2, 0) is 20.7 Å². The molecule has 0 aliphatic carbocycles. The molecule has 0 heterocycles. The highest BCUT2D eigenvalue weighted by Gasteiger charge is 2.15. The van der Waals surface area contributed by atoms with Crippen molar-refractivity contribution >= 4 is 17.6 Å². The summed E-state index contributed by atoms with van der Waals surface area (Å²) in [5.74, 6) is 1.08. The molecule has 1 aromatic rings. The first-order valence-electron chi connectivity index (χ1n) is 8.74. The van der Waals surface area contributed by atoms with Crippen LogP contribution in [-0.4, -0.2) is 24.1 Å². The molecule has 1 aromatic carbocycles. The number of hydrogen-bond donors (Lipinski definition) is 2. The molecule has 0 aliphatic heterocycles. The van der Waals surface area contributed by atoms with Gasteiger partial charge >= 0.3 is 5.97 Å². The summed E-state index contributed by atoms with van der Waals surface area (Å²) in [7, 11) is 1.36. The van der Waals surface area contributed by atoms with Gasteiger partial charge in [-0.15, -0.1) is 12.3 Å². The molecular weight excluding hydrogens is 344 g/mol. The number of aliphatic hydroxyl groups excluding tert-OH is 1. The van der Waals surface area contributed by atoms with Crippen LogP contribution < -0.4 is 5.32 Å². The second kappa shape index (κ2) is 14.0. The van der Waals surface area contributed by atoms with Gasteiger partial charge in [0.2, 0.25) is 0 Å². The highest BCUT2D eigenvalue weighted by molar-refractivity contribution is 6.06. The highest BCUT2D eigenvalue weighted by Crippen LogP contribution is 2.15. The number of ether oxygens (including phenoxy) is 1. The molecule has 144 valence electrons. The van der Waals surface area contributed by atoms with Crippen LogP contribution in [0.5, 0.6) is 0 Å². The molecule has 2 N–H and O–H groups in total. The Hall–Kier alpha value is -3.25. The number of anilines is 1. The fourth-order valence-electron chi connectivity index (χ4n) is 2.05. The topological polar surface area (TPSA) is 99.4 Å². The number of amides is 1. The summed E-state index contributed by atoms with van der Waals surface area (Å²) in [4.78, 5) is 23.1. The highest BCUT2D eigenvalue weighted by atomic mass is 16.5. The van der Waals surface area contributed by atoms with Crippen molar-refractivity contribution in [3.8, 4) is 18.4 Å². The van der Waals surface area contributed by atoms with E-state index < -0.39 is 5.91 Å². The number of carbonyl (C=O) groups is 2. The Labute approximate surface area is 160 Å².